The molecular weight excluding hydrogens is 378 g/mol. The van der Waals surface area contributed by atoms with Gasteiger partial charge in [-0.2, -0.15) is 5.10 Å². The number of aromatic hydroxyl groups is 1. The standard InChI is InChI=1S/C22H23N3O3.C2H6/c1-4-16(13-23-3)14-27-18-10-11-19(20(26)12-18)21-22(15(2)24-25-21)28-17-8-6-5-7-9-17;1-2/h4-13,26H,14H2,1-3H3,(H,24,25);1-2H3/b16-4+,23-13?;. The molecule has 30 heavy (non-hydrogen) atoms. The van der Waals surface area contributed by atoms with Crippen LogP contribution in [0.2, 0.25) is 0 Å². The van der Waals surface area contributed by atoms with E-state index in [-0.39, 0.29) is 5.75 Å². The predicted molar refractivity (Wildman–Crippen MR) is 122 cm³/mol. The molecule has 6 heteroatoms. The highest BCUT2D eigenvalue weighted by molar-refractivity contribution is 5.78. The fraction of sp³-hybridized carbons (Fsp3) is 0.250. The third-order valence-electron chi connectivity index (χ3n) is 4.15. The van der Waals surface area contributed by atoms with Gasteiger partial charge in [0, 0.05) is 30.5 Å². The smallest absolute Gasteiger partial charge is 0.176 e. The van der Waals surface area contributed by atoms with Crippen molar-refractivity contribution in [3.63, 3.8) is 0 Å². The van der Waals surface area contributed by atoms with Crippen molar-refractivity contribution in [2.75, 3.05) is 13.7 Å². The van der Waals surface area contributed by atoms with Crippen molar-refractivity contribution in [1.29, 1.82) is 0 Å². The zero-order valence-electron chi connectivity index (χ0n) is 18.1. The summed E-state index contributed by atoms with van der Waals surface area (Å²) in [6, 6.07) is 14.6. The first kappa shape index (κ1) is 22.7. The lowest BCUT2D eigenvalue weighted by molar-refractivity contribution is 0.355. The molecule has 158 valence electrons. The lowest BCUT2D eigenvalue weighted by atomic mass is 10.1. The minimum absolute atomic E-state index is 0.0631. The number of hydrogen-bond donors (Lipinski definition) is 2. The number of phenolic OH excluding ortho intramolecular Hbond substituents is 1. The van der Waals surface area contributed by atoms with Crippen molar-refractivity contribution in [1.82, 2.24) is 10.2 Å². The number of aromatic nitrogens is 2. The Labute approximate surface area is 177 Å². The molecule has 0 bridgehead atoms. The van der Waals surface area contributed by atoms with Gasteiger partial charge in [-0.3, -0.25) is 10.1 Å². The molecule has 0 aliphatic carbocycles. The molecule has 0 fully saturated rings. The Hall–Kier alpha value is -3.54. The Morgan fingerprint density at radius 3 is 2.50 bits per heavy atom. The molecule has 3 aromatic rings. The van der Waals surface area contributed by atoms with Crippen LogP contribution in [-0.2, 0) is 0 Å². The van der Waals surface area contributed by atoms with E-state index >= 15 is 0 Å². The van der Waals surface area contributed by atoms with Crippen LogP contribution in [0.4, 0.5) is 0 Å². The first-order valence-electron chi connectivity index (χ1n) is 9.93. The number of aryl methyl sites for hydroxylation is 1. The van der Waals surface area contributed by atoms with Crippen molar-refractivity contribution in [3.05, 3.63) is 65.9 Å². The summed E-state index contributed by atoms with van der Waals surface area (Å²) in [5.74, 6) is 1.89. The highest BCUT2D eigenvalue weighted by atomic mass is 16.5. The van der Waals surface area contributed by atoms with E-state index in [4.69, 9.17) is 9.47 Å². The van der Waals surface area contributed by atoms with Crippen molar-refractivity contribution in [2.24, 2.45) is 4.99 Å². The Balaban J connectivity index is 0.00000155. The third kappa shape index (κ3) is 5.73. The second kappa shape index (κ2) is 11.5. The van der Waals surface area contributed by atoms with E-state index in [2.05, 4.69) is 15.2 Å². The summed E-state index contributed by atoms with van der Waals surface area (Å²) in [5, 5.41) is 17.8. The Morgan fingerprint density at radius 2 is 1.87 bits per heavy atom. The molecule has 0 amide bonds. The van der Waals surface area contributed by atoms with Gasteiger partial charge in [0.1, 0.15) is 29.5 Å². The molecular formula is C24H29N3O3. The summed E-state index contributed by atoms with van der Waals surface area (Å²) in [7, 11) is 1.71. The number of hydrogen-bond acceptors (Lipinski definition) is 5. The fourth-order valence-corrected chi connectivity index (χ4v) is 2.66. The summed E-state index contributed by atoms with van der Waals surface area (Å²) < 4.78 is 11.7. The Bertz CT molecular complexity index is 992. The molecule has 0 saturated heterocycles. The number of nitrogens with zero attached hydrogens (tertiary/aromatic N) is 2. The van der Waals surface area contributed by atoms with Crippen molar-refractivity contribution < 1.29 is 14.6 Å². The number of benzene rings is 2. The van der Waals surface area contributed by atoms with Crippen molar-refractivity contribution in [2.45, 2.75) is 27.7 Å². The first-order chi connectivity index (χ1) is 14.6. The van der Waals surface area contributed by atoms with Gasteiger partial charge in [0.25, 0.3) is 0 Å². The van der Waals surface area contributed by atoms with Gasteiger partial charge >= 0.3 is 0 Å². The molecule has 0 atom stereocenters. The van der Waals surface area contributed by atoms with E-state index in [0.717, 1.165) is 11.3 Å². The second-order valence-electron chi connectivity index (χ2n) is 6.16. The highest BCUT2D eigenvalue weighted by Gasteiger charge is 2.18. The van der Waals surface area contributed by atoms with Gasteiger partial charge in [-0.05, 0) is 38.1 Å². The number of rotatable bonds is 7. The van der Waals surface area contributed by atoms with E-state index in [0.29, 0.717) is 35.1 Å². The van der Waals surface area contributed by atoms with E-state index in [9.17, 15) is 5.11 Å². The minimum atomic E-state index is 0.0631. The maximum Gasteiger partial charge on any atom is 0.176 e. The number of allylic oxidation sites excluding steroid dienone is 1. The minimum Gasteiger partial charge on any atom is -0.507 e. The SMILES string of the molecule is C/C=C(\C=NC)COc1ccc(-c2n[nH]c(C)c2Oc2ccccc2)c(O)c1.CC. The molecule has 0 aliphatic rings. The average Bonchev–Trinajstić information content (AvgIpc) is 3.13. The zero-order chi connectivity index (χ0) is 21.9. The monoisotopic (exact) mass is 407 g/mol. The number of para-hydroxylation sites is 1. The van der Waals surface area contributed by atoms with Gasteiger partial charge in [-0.25, -0.2) is 0 Å². The number of aromatic amines is 1. The number of phenols is 1. The lowest BCUT2D eigenvalue weighted by Crippen LogP contribution is -2.02. The quantitative estimate of drug-likeness (QED) is 0.475. The average molecular weight is 408 g/mol. The van der Waals surface area contributed by atoms with Crippen molar-refractivity contribution >= 4 is 6.21 Å². The molecule has 0 aliphatic heterocycles. The number of aliphatic imine (C=N–C) groups is 1. The van der Waals surface area contributed by atoms with E-state index in [1.54, 1.807) is 31.5 Å². The molecule has 0 spiro atoms. The number of nitrogens with one attached hydrogen (secondary N) is 1. The van der Waals surface area contributed by atoms with E-state index in [1.165, 1.54) is 0 Å². The zero-order valence-corrected chi connectivity index (χ0v) is 18.1. The number of H-pyrrole nitrogens is 1. The first-order valence-corrected chi connectivity index (χ1v) is 9.93. The molecule has 6 nitrogen and oxygen atoms in total. The van der Waals surface area contributed by atoms with Crippen LogP contribution in [-0.4, -0.2) is 35.2 Å². The van der Waals surface area contributed by atoms with E-state index < -0.39 is 0 Å². The van der Waals surface area contributed by atoms with Gasteiger partial charge < -0.3 is 14.6 Å². The highest BCUT2D eigenvalue weighted by Crippen LogP contribution is 2.39. The van der Waals surface area contributed by atoms with Crippen LogP contribution in [0.1, 0.15) is 26.5 Å². The van der Waals surface area contributed by atoms with Crippen LogP contribution in [0, 0.1) is 6.92 Å². The number of ether oxygens (including phenoxy) is 2. The summed E-state index contributed by atoms with van der Waals surface area (Å²) in [5.41, 5.74) is 2.82. The Kier molecular flexibility index (Phi) is 8.69. The van der Waals surface area contributed by atoms with Gasteiger partial charge in [-0.15, -0.1) is 0 Å². The summed E-state index contributed by atoms with van der Waals surface area (Å²) in [6.45, 7) is 8.17. The largest absolute Gasteiger partial charge is 0.507 e. The topological polar surface area (TPSA) is 79.7 Å². The summed E-state index contributed by atoms with van der Waals surface area (Å²) >= 11 is 0. The molecule has 1 heterocycles. The molecule has 0 unspecified atom stereocenters. The van der Waals surface area contributed by atoms with Crippen molar-refractivity contribution in [3.8, 4) is 34.3 Å². The second-order valence-corrected chi connectivity index (χ2v) is 6.16. The molecule has 1 aromatic heterocycles. The summed E-state index contributed by atoms with van der Waals surface area (Å²) in [4.78, 5) is 3.99. The fourth-order valence-electron chi connectivity index (χ4n) is 2.66. The molecule has 2 N–H and O–H groups in total. The van der Waals surface area contributed by atoms with Crippen LogP contribution in [0.25, 0.3) is 11.3 Å². The van der Waals surface area contributed by atoms with Crippen LogP contribution in [0.5, 0.6) is 23.0 Å². The van der Waals surface area contributed by atoms with E-state index in [1.807, 2.05) is 64.1 Å². The normalized spacial score (nSPS) is 11.2. The lowest BCUT2D eigenvalue weighted by Gasteiger charge is -2.10. The van der Waals surface area contributed by atoms with Gasteiger partial charge in [0.15, 0.2) is 5.75 Å². The third-order valence-corrected chi connectivity index (χ3v) is 4.15. The molecule has 0 radical (unpaired) electrons. The van der Waals surface area contributed by atoms with Gasteiger partial charge in [0.2, 0.25) is 0 Å². The van der Waals surface area contributed by atoms with Gasteiger partial charge in [0.05, 0.1) is 5.69 Å². The predicted octanol–water partition coefficient (Wildman–Crippen LogP) is 5.93. The van der Waals surface area contributed by atoms with Crippen LogP contribution in [0.15, 0.2) is 65.2 Å². The molecule has 0 saturated carbocycles. The molecule has 2 aromatic carbocycles. The Morgan fingerprint density at radius 1 is 1.13 bits per heavy atom. The van der Waals surface area contributed by atoms with Crippen LogP contribution >= 0.6 is 0 Å². The van der Waals surface area contributed by atoms with Gasteiger partial charge in [-0.1, -0.05) is 38.1 Å². The van der Waals surface area contributed by atoms with Crippen LogP contribution < -0.4 is 9.47 Å². The van der Waals surface area contributed by atoms with Crippen LogP contribution in [0.3, 0.4) is 0 Å². The maximum atomic E-state index is 10.5. The summed E-state index contributed by atoms with van der Waals surface area (Å²) in [6.07, 6.45) is 3.68. The maximum absolute atomic E-state index is 10.5. The molecule has 3 rings (SSSR count).